The van der Waals surface area contributed by atoms with Crippen LogP contribution >= 0.6 is 11.8 Å². The van der Waals surface area contributed by atoms with E-state index in [9.17, 15) is 4.79 Å². The maximum Gasteiger partial charge on any atom is 0.319 e. The highest BCUT2D eigenvalue weighted by Crippen LogP contribution is 2.18. The Bertz CT molecular complexity index is 378. The molecule has 0 amide bonds. The molecule has 0 saturated carbocycles. The molecule has 0 aliphatic rings. The van der Waals surface area contributed by atoms with Gasteiger partial charge in [0.15, 0.2) is 0 Å². The second-order valence-electron chi connectivity index (χ2n) is 4.51. The van der Waals surface area contributed by atoms with E-state index in [1.54, 1.807) is 0 Å². The number of hydrogen-bond donors (Lipinski definition) is 0. The second kappa shape index (κ2) is 8.99. The third kappa shape index (κ3) is 6.64. The lowest BCUT2D eigenvalue weighted by Crippen LogP contribution is -2.33. The molecule has 4 heteroatoms. The summed E-state index contributed by atoms with van der Waals surface area (Å²) in [5.41, 5.74) is 1.28. The van der Waals surface area contributed by atoms with Crippen molar-refractivity contribution in [1.29, 1.82) is 0 Å². The van der Waals surface area contributed by atoms with Crippen molar-refractivity contribution in [3.63, 3.8) is 0 Å². The van der Waals surface area contributed by atoms with Crippen LogP contribution in [0.5, 0.6) is 0 Å². The van der Waals surface area contributed by atoms with Gasteiger partial charge in [-0.3, -0.25) is 9.69 Å². The van der Waals surface area contributed by atoms with Crippen LogP contribution in [0.2, 0.25) is 0 Å². The van der Waals surface area contributed by atoms with Crippen LogP contribution < -0.4 is 0 Å². The Hall–Kier alpha value is -1.00. The molecule has 0 unspecified atom stereocenters. The molecule has 0 aliphatic heterocycles. The monoisotopic (exact) mass is 281 g/mol. The largest absolute Gasteiger partial charge is 0.468 e. The Balaban J connectivity index is 2.34. The van der Waals surface area contributed by atoms with Crippen LogP contribution in [0.15, 0.2) is 29.2 Å². The average Bonchev–Trinajstić information content (AvgIpc) is 2.41. The van der Waals surface area contributed by atoms with Crippen molar-refractivity contribution >= 4 is 17.7 Å². The number of hydrogen-bond acceptors (Lipinski definition) is 4. The molecule has 0 aliphatic carbocycles. The Morgan fingerprint density at radius 1 is 1.26 bits per heavy atom. The summed E-state index contributed by atoms with van der Waals surface area (Å²) in [7, 11) is 1.44. The molecular formula is C15H23NO2S. The van der Waals surface area contributed by atoms with Gasteiger partial charge in [-0.05, 0) is 32.0 Å². The normalized spacial score (nSPS) is 10.7. The van der Waals surface area contributed by atoms with Crippen LogP contribution in [0.1, 0.15) is 18.9 Å². The minimum absolute atomic E-state index is 0.159. The molecular weight excluding hydrogens is 258 g/mol. The molecule has 1 aromatic rings. The van der Waals surface area contributed by atoms with Crippen molar-refractivity contribution < 1.29 is 9.53 Å². The van der Waals surface area contributed by atoms with Crippen molar-refractivity contribution in [3.05, 3.63) is 29.8 Å². The molecule has 3 nitrogen and oxygen atoms in total. The third-order valence-electron chi connectivity index (χ3n) is 2.82. The number of carbonyl (C=O) groups is 1. The number of nitrogens with zero attached hydrogens (tertiary/aromatic N) is 1. The van der Waals surface area contributed by atoms with Gasteiger partial charge in [0.25, 0.3) is 0 Å². The maximum atomic E-state index is 11.3. The Kier molecular flexibility index (Phi) is 7.60. The number of methoxy groups -OCH3 is 1. The fourth-order valence-corrected chi connectivity index (χ4v) is 2.67. The molecule has 0 atom stereocenters. The number of thioether (sulfide) groups is 1. The van der Waals surface area contributed by atoms with E-state index in [4.69, 9.17) is 4.74 Å². The summed E-state index contributed by atoms with van der Waals surface area (Å²) in [4.78, 5) is 14.7. The molecule has 0 heterocycles. The van der Waals surface area contributed by atoms with Crippen LogP contribution in [-0.2, 0) is 9.53 Å². The smallest absolute Gasteiger partial charge is 0.319 e. The fourth-order valence-electron chi connectivity index (χ4n) is 1.76. The van der Waals surface area contributed by atoms with Crippen molar-refractivity contribution in [2.45, 2.75) is 25.2 Å². The number of aryl methyl sites for hydroxylation is 1. The van der Waals surface area contributed by atoms with Gasteiger partial charge in [-0.2, -0.15) is 0 Å². The van der Waals surface area contributed by atoms with E-state index in [1.807, 2.05) is 11.8 Å². The summed E-state index contributed by atoms with van der Waals surface area (Å²) in [5, 5.41) is 0. The molecule has 0 N–H and O–H groups in total. The van der Waals surface area contributed by atoms with Gasteiger partial charge >= 0.3 is 5.97 Å². The van der Waals surface area contributed by atoms with Crippen LogP contribution in [0, 0.1) is 6.92 Å². The van der Waals surface area contributed by atoms with Gasteiger partial charge in [0.1, 0.15) is 0 Å². The summed E-state index contributed by atoms with van der Waals surface area (Å²) >= 11 is 1.82. The van der Waals surface area contributed by atoms with E-state index in [1.165, 1.54) is 17.6 Å². The first-order chi connectivity index (χ1) is 9.15. The van der Waals surface area contributed by atoms with Gasteiger partial charge in [0.05, 0.1) is 13.7 Å². The van der Waals surface area contributed by atoms with E-state index >= 15 is 0 Å². The molecule has 0 bridgehead atoms. The van der Waals surface area contributed by atoms with Gasteiger partial charge in [-0.1, -0.05) is 24.6 Å². The van der Waals surface area contributed by atoms with Gasteiger partial charge < -0.3 is 4.74 Å². The standard InChI is InChI=1S/C15H23NO2S/c1-4-9-16(12-15(17)18-3)10-11-19-14-7-5-13(2)6-8-14/h5-8H,4,9-12H2,1-3H3. The highest BCUT2D eigenvalue weighted by Gasteiger charge is 2.09. The van der Waals surface area contributed by atoms with E-state index in [2.05, 4.69) is 43.0 Å². The first-order valence-electron chi connectivity index (χ1n) is 6.64. The maximum absolute atomic E-state index is 11.3. The molecule has 0 aromatic heterocycles. The first kappa shape index (κ1) is 16.1. The van der Waals surface area contributed by atoms with Gasteiger partial charge in [-0.25, -0.2) is 0 Å². The van der Waals surface area contributed by atoms with Crippen molar-refractivity contribution in [2.24, 2.45) is 0 Å². The Labute approximate surface area is 120 Å². The second-order valence-corrected chi connectivity index (χ2v) is 5.68. The predicted octanol–water partition coefficient (Wildman–Crippen LogP) is 2.97. The summed E-state index contributed by atoms with van der Waals surface area (Å²) in [6.07, 6.45) is 1.05. The summed E-state index contributed by atoms with van der Waals surface area (Å²) in [5.74, 6) is 0.828. The van der Waals surface area contributed by atoms with Gasteiger partial charge in [0.2, 0.25) is 0 Å². The molecule has 0 spiro atoms. The summed E-state index contributed by atoms with van der Waals surface area (Å²) in [6.45, 7) is 6.44. The van der Waals surface area contributed by atoms with Gasteiger partial charge in [-0.15, -0.1) is 11.8 Å². The van der Waals surface area contributed by atoms with E-state index < -0.39 is 0 Å². The first-order valence-corrected chi connectivity index (χ1v) is 7.63. The topological polar surface area (TPSA) is 29.5 Å². The predicted molar refractivity (Wildman–Crippen MR) is 80.7 cm³/mol. The van der Waals surface area contributed by atoms with Crippen molar-refractivity contribution in [2.75, 3.05) is 32.5 Å². The zero-order chi connectivity index (χ0) is 14.1. The molecule has 19 heavy (non-hydrogen) atoms. The van der Waals surface area contributed by atoms with Gasteiger partial charge in [0, 0.05) is 17.2 Å². The highest BCUT2D eigenvalue weighted by atomic mass is 32.2. The fraction of sp³-hybridized carbons (Fsp3) is 0.533. The van der Waals surface area contributed by atoms with Crippen molar-refractivity contribution in [3.8, 4) is 0 Å². The highest BCUT2D eigenvalue weighted by molar-refractivity contribution is 7.99. The molecule has 0 radical (unpaired) electrons. The van der Waals surface area contributed by atoms with E-state index in [0.717, 1.165) is 25.3 Å². The lowest BCUT2D eigenvalue weighted by Gasteiger charge is -2.19. The molecule has 0 saturated heterocycles. The number of carbonyl (C=O) groups excluding carboxylic acids is 1. The number of rotatable bonds is 8. The van der Waals surface area contributed by atoms with Crippen LogP contribution in [0.4, 0.5) is 0 Å². The molecule has 0 fully saturated rings. The minimum Gasteiger partial charge on any atom is -0.468 e. The zero-order valence-corrected chi connectivity index (χ0v) is 12.8. The third-order valence-corrected chi connectivity index (χ3v) is 3.81. The van der Waals surface area contributed by atoms with E-state index in [-0.39, 0.29) is 5.97 Å². The quantitative estimate of drug-likeness (QED) is 0.541. The van der Waals surface area contributed by atoms with Crippen LogP contribution in [0.25, 0.3) is 0 Å². The molecule has 1 rings (SSSR count). The average molecular weight is 281 g/mol. The van der Waals surface area contributed by atoms with Crippen LogP contribution in [-0.4, -0.2) is 43.4 Å². The lowest BCUT2D eigenvalue weighted by atomic mass is 10.2. The molecule has 1 aromatic carbocycles. The summed E-state index contributed by atoms with van der Waals surface area (Å²) < 4.78 is 4.72. The summed E-state index contributed by atoms with van der Waals surface area (Å²) in [6, 6.07) is 8.54. The Morgan fingerprint density at radius 3 is 2.53 bits per heavy atom. The lowest BCUT2D eigenvalue weighted by molar-refractivity contribution is -0.141. The number of benzene rings is 1. The minimum atomic E-state index is -0.159. The SMILES string of the molecule is CCCN(CCSc1ccc(C)cc1)CC(=O)OC. The van der Waals surface area contributed by atoms with Crippen LogP contribution in [0.3, 0.4) is 0 Å². The van der Waals surface area contributed by atoms with E-state index in [0.29, 0.717) is 6.54 Å². The molecule has 106 valence electrons. The van der Waals surface area contributed by atoms with Crippen molar-refractivity contribution in [1.82, 2.24) is 4.90 Å². The zero-order valence-electron chi connectivity index (χ0n) is 12.0. The number of esters is 1. The Morgan fingerprint density at radius 2 is 1.95 bits per heavy atom. The number of ether oxygens (including phenoxy) is 1.